The van der Waals surface area contributed by atoms with Gasteiger partial charge in [-0.15, -0.1) is 0 Å². The third kappa shape index (κ3) is 4.99. The number of halogens is 1. The maximum absolute atomic E-state index is 8.03. The van der Waals surface area contributed by atoms with E-state index in [0.29, 0.717) is 0 Å². The average molecular weight is 316 g/mol. The van der Waals surface area contributed by atoms with Gasteiger partial charge in [0.2, 0.25) is 0 Å². The Bertz CT molecular complexity index is 517. The number of hydrogen-bond acceptors (Lipinski definition) is 1. The first-order valence-electron chi connectivity index (χ1n) is 6.59. The monoisotopic (exact) mass is 315 g/mol. The van der Waals surface area contributed by atoms with Gasteiger partial charge < -0.3 is 5.41 Å². The molecule has 0 radical (unpaired) electrons. The molecule has 2 heteroatoms. The van der Waals surface area contributed by atoms with Crippen LogP contribution in [0.25, 0.3) is 0 Å². The van der Waals surface area contributed by atoms with E-state index < -0.39 is 0 Å². The molecule has 0 aliphatic heterocycles. The molecule has 0 saturated carbocycles. The van der Waals surface area contributed by atoms with Gasteiger partial charge in [0, 0.05) is 16.6 Å². The van der Waals surface area contributed by atoms with Gasteiger partial charge in [0.25, 0.3) is 0 Å². The van der Waals surface area contributed by atoms with Crippen molar-refractivity contribution in [3.05, 3.63) is 70.2 Å². The van der Waals surface area contributed by atoms with Crippen LogP contribution in [0.15, 0.2) is 59.1 Å². The van der Waals surface area contributed by atoms with Crippen molar-refractivity contribution >= 4 is 21.6 Å². The lowest BCUT2D eigenvalue weighted by Gasteiger charge is -2.05. The molecular formula is C17H18BrN. The van der Waals surface area contributed by atoms with Gasteiger partial charge in [-0.2, -0.15) is 0 Å². The van der Waals surface area contributed by atoms with Gasteiger partial charge in [-0.3, -0.25) is 0 Å². The zero-order valence-corrected chi connectivity index (χ0v) is 12.5. The van der Waals surface area contributed by atoms with Crippen LogP contribution in [-0.2, 0) is 12.8 Å². The Kier molecular flexibility index (Phi) is 5.34. The fourth-order valence-corrected chi connectivity index (χ4v) is 2.35. The van der Waals surface area contributed by atoms with Crippen LogP contribution < -0.4 is 0 Å². The number of benzene rings is 2. The molecule has 0 bridgehead atoms. The van der Waals surface area contributed by atoms with E-state index in [9.17, 15) is 0 Å². The topological polar surface area (TPSA) is 23.9 Å². The van der Waals surface area contributed by atoms with E-state index in [1.807, 2.05) is 18.2 Å². The van der Waals surface area contributed by atoms with Crippen LogP contribution in [0, 0.1) is 5.41 Å². The summed E-state index contributed by atoms with van der Waals surface area (Å²) in [5, 5.41) is 8.03. The smallest absolute Gasteiger partial charge is 0.0175 e. The second kappa shape index (κ2) is 7.25. The SMILES string of the molecule is N=C(CCCc1ccccc1)Cc1ccc(Br)cc1. The molecule has 0 aliphatic carbocycles. The van der Waals surface area contributed by atoms with Crippen molar-refractivity contribution in [3.8, 4) is 0 Å². The summed E-state index contributed by atoms with van der Waals surface area (Å²) < 4.78 is 1.09. The molecule has 19 heavy (non-hydrogen) atoms. The molecule has 0 aliphatic rings. The predicted molar refractivity (Wildman–Crippen MR) is 85.0 cm³/mol. The molecule has 98 valence electrons. The first-order valence-corrected chi connectivity index (χ1v) is 7.38. The highest BCUT2D eigenvalue weighted by atomic mass is 79.9. The van der Waals surface area contributed by atoms with E-state index in [0.717, 1.165) is 35.9 Å². The summed E-state index contributed by atoms with van der Waals surface area (Å²) in [6, 6.07) is 18.7. The molecule has 2 aromatic carbocycles. The van der Waals surface area contributed by atoms with Crippen molar-refractivity contribution in [2.75, 3.05) is 0 Å². The molecule has 0 amide bonds. The number of aryl methyl sites for hydroxylation is 1. The van der Waals surface area contributed by atoms with Gasteiger partial charge in [-0.05, 0) is 42.5 Å². The van der Waals surface area contributed by atoms with E-state index >= 15 is 0 Å². The van der Waals surface area contributed by atoms with Gasteiger partial charge >= 0.3 is 0 Å². The van der Waals surface area contributed by atoms with Gasteiger partial charge in [0.15, 0.2) is 0 Å². The molecular weight excluding hydrogens is 298 g/mol. The van der Waals surface area contributed by atoms with Crippen molar-refractivity contribution in [2.45, 2.75) is 25.7 Å². The Hall–Kier alpha value is -1.41. The second-order valence-corrected chi connectivity index (χ2v) is 5.66. The van der Waals surface area contributed by atoms with Crippen molar-refractivity contribution < 1.29 is 0 Å². The fraction of sp³-hybridized carbons (Fsp3) is 0.235. The van der Waals surface area contributed by atoms with E-state index in [-0.39, 0.29) is 0 Å². The number of nitrogens with one attached hydrogen (secondary N) is 1. The highest BCUT2D eigenvalue weighted by Crippen LogP contribution is 2.12. The molecule has 0 fully saturated rings. The second-order valence-electron chi connectivity index (χ2n) is 4.75. The summed E-state index contributed by atoms with van der Waals surface area (Å²) in [5.74, 6) is 0. The van der Waals surface area contributed by atoms with Gasteiger partial charge in [-0.25, -0.2) is 0 Å². The van der Waals surface area contributed by atoms with Crippen LogP contribution in [0.4, 0.5) is 0 Å². The van der Waals surface area contributed by atoms with Crippen molar-refractivity contribution in [3.63, 3.8) is 0 Å². The largest absolute Gasteiger partial charge is 0.309 e. The standard InChI is InChI=1S/C17H18BrN/c18-16-11-9-15(10-12-16)13-17(19)8-4-7-14-5-2-1-3-6-14/h1-3,5-6,9-12,19H,4,7-8,13H2. The molecule has 0 unspecified atom stereocenters. The molecule has 0 aromatic heterocycles. The molecule has 0 heterocycles. The maximum Gasteiger partial charge on any atom is 0.0175 e. The van der Waals surface area contributed by atoms with Gasteiger partial charge in [0.05, 0.1) is 0 Å². The van der Waals surface area contributed by atoms with E-state index in [4.69, 9.17) is 5.41 Å². The molecule has 1 nitrogen and oxygen atoms in total. The van der Waals surface area contributed by atoms with Crippen LogP contribution in [0.1, 0.15) is 24.0 Å². The Morgan fingerprint density at radius 2 is 1.58 bits per heavy atom. The normalized spacial score (nSPS) is 10.4. The summed E-state index contributed by atoms with van der Waals surface area (Å²) >= 11 is 3.43. The van der Waals surface area contributed by atoms with Gasteiger partial charge in [0.1, 0.15) is 0 Å². The summed E-state index contributed by atoms with van der Waals surface area (Å²) in [5.41, 5.74) is 3.39. The Morgan fingerprint density at radius 3 is 2.26 bits per heavy atom. The highest BCUT2D eigenvalue weighted by molar-refractivity contribution is 9.10. The van der Waals surface area contributed by atoms with Crippen LogP contribution in [0.5, 0.6) is 0 Å². The van der Waals surface area contributed by atoms with Crippen molar-refractivity contribution in [2.24, 2.45) is 0 Å². The summed E-state index contributed by atoms with van der Waals surface area (Å²) in [7, 11) is 0. The third-order valence-corrected chi connectivity index (χ3v) is 3.65. The number of rotatable bonds is 6. The summed E-state index contributed by atoms with van der Waals surface area (Å²) in [4.78, 5) is 0. The lowest BCUT2D eigenvalue weighted by molar-refractivity contribution is 0.853. The molecule has 2 rings (SSSR count). The molecule has 0 spiro atoms. The molecule has 1 N–H and O–H groups in total. The molecule has 0 atom stereocenters. The first-order chi connectivity index (χ1) is 9.24. The van der Waals surface area contributed by atoms with Crippen LogP contribution >= 0.6 is 15.9 Å². The lowest BCUT2D eigenvalue weighted by atomic mass is 10.0. The average Bonchev–Trinajstić information content (AvgIpc) is 2.43. The van der Waals surface area contributed by atoms with Crippen LogP contribution in [-0.4, -0.2) is 5.71 Å². The van der Waals surface area contributed by atoms with Crippen LogP contribution in [0.2, 0.25) is 0 Å². The summed E-state index contributed by atoms with van der Waals surface area (Å²) in [6.45, 7) is 0. The minimum absolute atomic E-state index is 0.766. The highest BCUT2D eigenvalue weighted by Gasteiger charge is 2.01. The fourth-order valence-electron chi connectivity index (χ4n) is 2.09. The van der Waals surface area contributed by atoms with Gasteiger partial charge in [-0.1, -0.05) is 58.4 Å². The molecule has 2 aromatic rings. The van der Waals surface area contributed by atoms with E-state index in [2.05, 4.69) is 52.3 Å². The maximum atomic E-state index is 8.03. The Balaban J connectivity index is 1.74. The van der Waals surface area contributed by atoms with Crippen LogP contribution in [0.3, 0.4) is 0 Å². The quantitative estimate of drug-likeness (QED) is 0.722. The minimum Gasteiger partial charge on any atom is -0.309 e. The zero-order valence-electron chi connectivity index (χ0n) is 10.9. The van der Waals surface area contributed by atoms with E-state index in [1.165, 1.54) is 11.1 Å². The van der Waals surface area contributed by atoms with E-state index in [1.54, 1.807) is 0 Å². The first kappa shape index (κ1) is 14.0. The lowest BCUT2D eigenvalue weighted by Crippen LogP contribution is -2.02. The molecule has 0 saturated heterocycles. The van der Waals surface area contributed by atoms with Crippen molar-refractivity contribution in [1.82, 2.24) is 0 Å². The zero-order chi connectivity index (χ0) is 13.5. The predicted octanol–water partition coefficient (Wildman–Crippen LogP) is 5.03. The van der Waals surface area contributed by atoms with Crippen molar-refractivity contribution in [1.29, 1.82) is 5.41 Å². The third-order valence-electron chi connectivity index (χ3n) is 3.12. The Morgan fingerprint density at radius 1 is 0.895 bits per heavy atom. The Labute approximate surface area is 123 Å². The minimum atomic E-state index is 0.766. The summed E-state index contributed by atoms with van der Waals surface area (Å²) in [6.07, 6.45) is 3.76. The number of hydrogen-bond donors (Lipinski definition) is 1.